The number of phosphoric acid groups is 1. The summed E-state index contributed by atoms with van der Waals surface area (Å²) in [5.74, 6) is -0.650. The van der Waals surface area contributed by atoms with Crippen molar-refractivity contribution < 1.29 is 42.4 Å². The van der Waals surface area contributed by atoms with Crippen molar-refractivity contribution in [2.45, 2.75) is 206 Å². The molecule has 2 unspecified atom stereocenters. The quantitative estimate of drug-likeness (QED) is 0.0149. The number of carbonyl (C=O) groups is 4. The van der Waals surface area contributed by atoms with Crippen LogP contribution >= 0.6 is 29.4 Å². The van der Waals surface area contributed by atoms with Crippen molar-refractivity contribution in [3.63, 3.8) is 0 Å². The maximum Gasteiger partial charge on any atom is 0.472 e. The summed E-state index contributed by atoms with van der Waals surface area (Å²) in [6, 6.07) is -0.445. The van der Waals surface area contributed by atoms with Gasteiger partial charge in [-0.1, -0.05) is 156 Å². The maximum atomic E-state index is 13.0. The largest absolute Gasteiger partial charge is 0.472 e. The van der Waals surface area contributed by atoms with E-state index in [4.69, 9.17) is 19.5 Å². The fourth-order valence-electron chi connectivity index (χ4n) is 6.72. The summed E-state index contributed by atoms with van der Waals surface area (Å²) in [6.07, 6.45) is 39.2. The molecular formula is C48H90N3O9PS2. The molecule has 0 saturated carbocycles. The summed E-state index contributed by atoms with van der Waals surface area (Å²) in [4.78, 5) is 59.4. The standard InChI is InChI=1S/C48H90N3O9PS2/c1-4-6-8-10-12-14-16-18-20-22-24-26-28-30-32-34-47(54)58-40-43(39-44(52)33-31-29-27-25-23-21-19-17-15-13-11-9-7-5-2)41-60-61(56,57)59-37-36-51-46(53)35-38-62-63-42-45(50-3)48(49)55/h17-20,43,45,50H,4-16,21-42H2,1-3H3,(H2,49,55)(H,51,53)(H,56,57)/b19-17+,20-18+/t43-,45?/m0/s1. The number of primary amides is 1. The van der Waals surface area contributed by atoms with Gasteiger partial charge in [-0.2, -0.15) is 0 Å². The van der Waals surface area contributed by atoms with E-state index >= 15 is 0 Å². The van der Waals surface area contributed by atoms with Gasteiger partial charge < -0.3 is 26.0 Å². The molecule has 3 atom stereocenters. The molecule has 0 aromatic heterocycles. The van der Waals surface area contributed by atoms with Gasteiger partial charge in [0.2, 0.25) is 11.8 Å². The highest BCUT2D eigenvalue weighted by molar-refractivity contribution is 8.76. The van der Waals surface area contributed by atoms with Gasteiger partial charge in [-0.05, 0) is 71.3 Å². The third-order valence-corrected chi connectivity index (χ3v) is 14.1. The predicted octanol–water partition coefficient (Wildman–Crippen LogP) is 11.9. The lowest BCUT2D eigenvalue weighted by molar-refractivity contribution is -0.146. The molecule has 368 valence electrons. The molecule has 63 heavy (non-hydrogen) atoms. The minimum Gasteiger partial charge on any atom is -0.465 e. The zero-order valence-corrected chi connectivity index (χ0v) is 42.3. The number of nitrogens with one attached hydrogen (secondary N) is 2. The molecular weight excluding hydrogens is 858 g/mol. The molecule has 0 aromatic carbocycles. The average Bonchev–Trinajstić information content (AvgIpc) is 3.26. The fraction of sp³-hybridized carbons (Fsp3) is 0.833. The van der Waals surface area contributed by atoms with Gasteiger partial charge in [-0.3, -0.25) is 28.2 Å². The van der Waals surface area contributed by atoms with E-state index in [-0.39, 0.29) is 63.3 Å². The van der Waals surface area contributed by atoms with Gasteiger partial charge >= 0.3 is 13.8 Å². The minimum absolute atomic E-state index is 0.000163. The van der Waals surface area contributed by atoms with Gasteiger partial charge in [0, 0.05) is 49.7 Å². The fourth-order valence-corrected chi connectivity index (χ4v) is 9.77. The first-order valence-corrected chi connectivity index (χ1v) is 28.6. The molecule has 0 radical (unpaired) electrons. The van der Waals surface area contributed by atoms with Crippen molar-refractivity contribution in [2.24, 2.45) is 11.7 Å². The monoisotopic (exact) mass is 948 g/mol. The van der Waals surface area contributed by atoms with Gasteiger partial charge in [0.15, 0.2) is 0 Å². The zero-order chi connectivity index (χ0) is 46.5. The molecule has 0 spiro atoms. The van der Waals surface area contributed by atoms with Crippen molar-refractivity contribution in [3.05, 3.63) is 24.3 Å². The first kappa shape index (κ1) is 61.3. The van der Waals surface area contributed by atoms with Crippen LogP contribution in [-0.2, 0) is 37.5 Å². The second-order valence-electron chi connectivity index (χ2n) is 16.7. The minimum atomic E-state index is -4.51. The van der Waals surface area contributed by atoms with E-state index in [1.165, 1.54) is 105 Å². The lowest BCUT2D eigenvalue weighted by Crippen LogP contribution is -2.40. The van der Waals surface area contributed by atoms with E-state index in [0.29, 0.717) is 17.9 Å². The predicted molar refractivity (Wildman–Crippen MR) is 265 cm³/mol. The number of nitrogens with two attached hydrogens (primary N) is 1. The molecule has 2 amide bonds. The topological polar surface area (TPSA) is 183 Å². The van der Waals surface area contributed by atoms with Gasteiger partial charge in [0.25, 0.3) is 0 Å². The second-order valence-corrected chi connectivity index (χ2v) is 20.7. The molecule has 0 heterocycles. The Labute approximate surface area is 391 Å². The molecule has 0 saturated heterocycles. The number of phosphoric ester groups is 1. The normalized spacial score (nSPS) is 13.7. The summed E-state index contributed by atoms with van der Waals surface area (Å²) in [5, 5.41) is 5.47. The van der Waals surface area contributed by atoms with Crippen LogP contribution in [0.15, 0.2) is 24.3 Å². The number of hydrogen-bond donors (Lipinski definition) is 4. The molecule has 0 aromatic rings. The third kappa shape index (κ3) is 44.0. The summed E-state index contributed by atoms with van der Waals surface area (Å²) in [6.45, 7) is 3.84. The van der Waals surface area contributed by atoms with Crippen LogP contribution in [0.2, 0.25) is 0 Å². The molecule has 0 aliphatic heterocycles. The Morgan fingerprint density at radius 2 is 1.14 bits per heavy atom. The van der Waals surface area contributed by atoms with E-state index in [1.807, 2.05) is 0 Å². The van der Waals surface area contributed by atoms with Gasteiger partial charge in [-0.25, -0.2) is 4.57 Å². The highest BCUT2D eigenvalue weighted by Gasteiger charge is 2.25. The zero-order valence-electron chi connectivity index (χ0n) is 39.8. The summed E-state index contributed by atoms with van der Waals surface area (Å²) in [5.41, 5.74) is 5.31. The van der Waals surface area contributed by atoms with Crippen molar-refractivity contribution >= 4 is 53.0 Å². The van der Waals surface area contributed by atoms with E-state index in [1.54, 1.807) is 7.05 Å². The Hall–Kier alpha value is -1.67. The number of carbonyl (C=O) groups excluding carboxylic acids is 4. The van der Waals surface area contributed by atoms with Crippen LogP contribution in [0.4, 0.5) is 0 Å². The van der Waals surface area contributed by atoms with Crippen LogP contribution in [0.25, 0.3) is 0 Å². The van der Waals surface area contributed by atoms with Crippen LogP contribution in [0.5, 0.6) is 0 Å². The molecule has 0 fully saturated rings. The lowest BCUT2D eigenvalue weighted by atomic mass is 10.00. The van der Waals surface area contributed by atoms with E-state index in [9.17, 15) is 28.6 Å². The van der Waals surface area contributed by atoms with Crippen molar-refractivity contribution in [3.8, 4) is 0 Å². The number of likely N-dealkylation sites (N-methyl/N-ethyl adjacent to an activating group) is 1. The first-order valence-electron chi connectivity index (χ1n) is 24.6. The summed E-state index contributed by atoms with van der Waals surface area (Å²) < 4.78 is 28.6. The van der Waals surface area contributed by atoms with Gasteiger partial charge in [0.1, 0.15) is 5.78 Å². The highest BCUT2D eigenvalue weighted by atomic mass is 33.1. The molecule has 5 N–H and O–H groups in total. The number of ether oxygens (including phenoxy) is 1. The van der Waals surface area contributed by atoms with E-state index in [2.05, 4.69) is 48.8 Å². The van der Waals surface area contributed by atoms with Crippen LogP contribution in [-0.4, -0.2) is 79.4 Å². The molecule has 0 aliphatic rings. The summed E-state index contributed by atoms with van der Waals surface area (Å²) >= 11 is 0. The van der Waals surface area contributed by atoms with Crippen molar-refractivity contribution in [1.29, 1.82) is 0 Å². The number of allylic oxidation sites excluding steroid dienone is 4. The Bertz CT molecular complexity index is 1240. The third-order valence-electron chi connectivity index (χ3n) is 10.7. The van der Waals surface area contributed by atoms with Gasteiger partial charge in [0.05, 0.1) is 25.9 Å². The number of Topliss-reactive ketones (excluding diaryl/α,β-unsaturated/α-hetero) is 1. The van der Waals surface area contributed by atoms with Gasteiger partial charge in [-0.15, -0.1) is 0 Å². The maximum absolute atomic E-state index is 13.0. The lowest BCUT2D eigenvalue weighted by Gasteiger charge is -2.19. The molecule has 0 rings (SSSR count). The van der Waals surface area contributed by atoms with Crippen LogP contribution in [0.1, 0.15) is 200 Å². The molecule has 0 bridgehead atoms. The average molecular weight is 948 g/mol. The number of amides is 2. The number of ketones is 1. The van der Waals surface area contributed by atoms with Crippen LogP contribution < -0.4 is 16.4 Å². The first-order chi connectivity index (χ1) is 30.5. The Morgan fingerprint density at radius 1 is 0.651 bits per heavy atom. The molecule has 12 nitrogen and oxygen atoms in total. The Balaban J connectivity index is 4.62. The smallest absolute Gasteiger partial charge is 0.465 e. The van der Waals surface area contributed by atoms with Crippen molar-refractivity contribution in [1.82, 2.24) is 10.6 Å². The Morgan fingerprint density at radius 3 is 1.65 bits per heavy atom. The SMILES string of the molecule is CCCCCCC/C=C/CCCCCCCC(=O)C[C@@H](COC(=O)CCCCCCC/C=C/CCCCCCCC)COP(=O)(O)OCCNC(=O)CCSSCC(NC)C(N)=O. The number of unbranched alkanes of at least 4 members (excludes halogenated alkanes) is 21. The highest BCUT2D eigenvalue weighted by Crippen LogP contribution is 2.43. The van der Waals surface area contributed by atoms with E-state index in [0.717, 1.165) is 77.0 Å². The van der Waals surface area contributed by atoms with Crippen LogP contribution in [0.3, 0.4) is 0 Å². The molecule has 15 heteroatoms. The van der Waals surface area contributed by atoms with Crippen molar-refractivity contribution in [2.75, 3.05) is 44.9 Å². The molecule has 0 aliphatic carbocycles. The second kappa shape index (κ2) is 45.5. The number of esters is 1. The van der Waals surface area contributed by atoms with Crippen LogP contribution in [0, 0.1) is 5.92 Å². The number of rotatable bonds is 48. The summed E-state index contributed by atoms with van der Waals surface area (Å²) in [7, 11) is 0.0257. The Kier molecular flexibility index (Phi) is 44.3. The number of hydrogen-bond acceptors (Lipinski definition) is 11. The van der Waals surface area contributed by atoms with E-state index < -0.39 is 25.7 Å².